The second kappa shape index (κ2) is 5.99. The highest BCUT2D eigenvalue weighted by Crippen LogP contribution is 2.37. The van der Waals surface area contributed by atoms with Crippen LogP contribution in [0.3, 0.4) is 0 Å². The van der Waals surface area contributed by atoms with E-state index in [9.17, 15) is 9.59 Å². The molecule has 22 heavy (non-hydrogen) atoms. The van der Waals surface area contributed by atoms with Crippen LogP contribution in [-0.2, 0) is 16.0 Å². The number of nitrogens with one attached hydrogen (secondary N) is 1. The number of carbonyl (C=O) groups excluding carboxylic acids is 2. The van der Waals surface area contributed by atoms with Crippen LogP contribution in [0.1, 0.15) is 38.2 Å². The normalized spacial score (nSPS) is 23.2. The highest BCUT2D eigenvalue weighted by Gasteiger charge is 2.32. The zero-order chi connectivity index (χ0) is 15.6. The van der Waals surface area contributed by atoms with Crippen molar-refractivity contribution < 1.29 is 19.1 Å². The van der Waals surface area contributed by atoms with Crippen molar-refractivity contribution in [3.05, 3.63) is 29.8 Å². The number of imide groups is 1. The molecular formula is C17H21NO4. The van der Waals surface area contributed by atoms with Gasteiger partial charge in [-0.1, -0.05) is 31.9 Å². The molecule has 2 amide bonds. The third kappa shape index (κ3) is 3.40. The van der Waals surface area contributed by atoms with E-state index in [2.05, 4.69) is 12.2 Å². The van der Waals surface area contributed by atoms with Crippen LogP contribution in [0, 0.1) is 5.41 Å². The molecule has 2 fully saturated rings. The number of benzene rings is 1. The van der Waals surface area contributed by atoms with Crippen LogP contribution in [0.5, 0.6) is 5.75 Å². The van der Waals surface area contributed by atoms with Gasteiger partial charge in [0, 0.05) is 11.8 Å². The summed E-state index contributed by atoms with van der Waals surface area (Å²) in [6, 6.07) is 7.63. The molecule has 1 atom stereocenters. The summed E-state index contributed by atoms with van der Waals surface area (Å²) in [5, 5.41) is 2.13. The molecule has 3 rings (SSSR count). The number of cyclic esters (lactones) is 1. The summed E-state index contributed by atoms with van der Waals surface area (Å²) < 4.78 is 10.8. The summed E-state index contributed by atoms with van der Waals surface area (Å²) in [5.74, 6) is 0.462. The molecule has 1 aliphatic heterocycles. The Balaban J connectivity index is 1.54. The molecule has 0 spiro atoms. The lowest BCUT2D eigenvalue weighted by molar-refractivity contribution is -0.123. The molecule has 1 aromatic rings. The maximum atomic E-state index is 11.5. The Labute approximate surface area is 130 Å². The van der Waals surface area contributed by atoms with Gasteiger partial charge in [0.15, 0.2) is 6.10 Å². The molecule has 1 aliphatic carbocycles. The van der Waals surface area contributed by atoms with Crippen LogP contribution in [0.25, 0.3) is 0 Å². The minimum Gasteiger partial charge on any atom is -0.493 e. The Morgan fingerprint density at radius 3 is 2.50 bits per heavy atom. The van der Waals surface area contributed by atoms with E-state index >= 15 is 0 Å². The van der Waals surface area contributed by atoms with Gasteiger partial charge in [-0.2, -0.15) is 0 Å². The summed E-state index contributed by atoms with van der Waals surface area (Å²) in [6.45, 7) is 3.02. The Morgan fingerprint density at radius 2 is 1.91 bits per heavy atom. The van der Waals surface area contributed by atoms with E-state index < -0.39 is 12.2 Å². The maximum absolute atomic E-state index is 11.5. The highest BCUT2D eigenvalue weighted by atomic mass is 16.6. The summed E-state index contributed by atoms with van der Waals surface area (Å²) in [7, 11) is 0. The van der Waals surface area contributed by atoms with Gasteiger partial charge in [0.2, 0.25) is 0 Å². The molecular weight excluding hydrogens is 282 g/mol. The molecule has 0 aromatic heterocycles. The third-order valence-corrected chi connectivity index (χ3v) is 4.51. The predicted octanol–water partition coefficient (Wildman–Crippen LogP) is 2.82. The number of alkyl carbamates (subject to hydrolysis) is 1. The lowest BCUT2D eigenvalue weighted by atomic mass is 9.90. The summed E-state index contributed by atoms with van der Waals surface area (Å²) in [4.78, 5) is 22.4. The van der Waals surface area contributed by atoms with Crippen molar-refractivity contribution in [1.29, 1.82) is 0 Å². The minimum atomic E-state index is -0.725. The van der Waals surface area contributed by atoms with Gasteiger partial charge in [-0.05, 0) is 30.5 Å². The van der Waals surface area contributed by atoms with E-state index in [1.54, 1.807) is 0 Å². The van der Waals surface area contributed by atoms with E-state index in [1.165, 1.54) is 25.7 Å². The first-order valence-corrected chi connectivity index (χ1v) is 7.77. The molecule has 1 aromatic carbocycles. The number of amides is 2. The summed E-state index contributed by atoms with van der Waals surface area (Å²) >= 11 is 0. The molecule has 5 heteroatoms. The van der Waals surface area contributed by atoms with Crippen LogP contribution in [0.15, 0.2) is 24.3 Å². The Morgan fingerprint density at radius 1 is 1.23 bits per heavy atom. The van der Waals surface area contributed by atoms with E-state index in [1.807, 2.05) is 24.3 Å². The van der Waals surface area contributed by atoms with Gasteiger partial charge in [-0.3, -0.25) is 10.1 Å². The zero-order valence-corrected chi connectivity index (χ0v) is 12.8. The molecule has 0 radical (unpaired) electrons. The maximum Gasteiger partial charge on any atom is 0.414 e. The van der Waals surface area contributed by atoms with Crippen molar-refractivity contribution >= 4 is 12.0 Å². The van der Waals surface area contributed by atoms with Crippen LogP contribution in [0.4, 0.5) is 4.79 Å². The lowest BCUT2D eigenvalue weighted by Gasteiger charge is -2.23. The lowest BCUT2D eigenvalue weighted by Crippen LogP contribution is -2.25. The van der Waals surface area contributed by atoms with Crippen LogP contribution in [-0.4, -0.2) is 24.7 Å². The Bertz CT molecular complexity index is 561. The van der Waals surface area contributed by atoms with Gasteiger partial charge in [0.05, 0.1) is 6.61 Å². The molecule has 2 aliphatic rings. The fraction of sp³-hybridized carbons (Fsp3) is 0.529. The first-order valence-electron chi connectivity index (χ1n) is 7.77. The topological polar surface area (TPSA) is 64.6 Å². The average molecular weight is 303 g/mol. The molecule has 1 saturated carbocycles. The van der Waals surface area contributed by atoms with Crippen molar-refractivity contribution in [3.8, 4) is 5.75 Å². The standard InChI is InChI=1S/C17H21NO4/c1-17(8-2-3-9-17)11-21-13-6-4-12(5-7-13)10-14-15(19)18-16(20)22-14/h4-7,14H,2-3,8-11H2,1H3,(H,18,19,20). The minimum absolute atomic E-state index is 0.300. The Hall–Kier alpha value is -2.04. The van der Waals surface area contributed by atoms with Gasteiger partial charge >= 0.3 is 6.09 Å². The van der Waals surface area contributed by atoms with E-state index in [0.717, 1.165) is 17.9 Å². The second-order valence-electron chi connectivity index (χ2n) is 6.54. The zero-order valence-electron chi connectivity index (χ0n) is 12.8. The average Bonchev–Trinajstić information content (AvgIpc) is 3.05. The van der Waals surface area contributed by atoms with Gasteiger partial charge in [-0.15, -0.1) is 0 Å². The number of carbonyl (C=O) groups is 2. The highest BCUT2D eigenvalue weighted by molar-refractivity contribution is 6.00. The largest absolute Gasteiger partial charge is 0.493 e. The smallest absolute Gasteiger partial charge is 0.414 e. The van der Waals surface area contributed by atoms with Gasteiger partial charge in [-0.25, -0.2) is 4.79 Å². The van der Waals surface area contributed by atoms with E-state index in [-0.39, 0.29) is 5.91 Å². The van der Waals surface area contributed by atoms with Gasteiger partial charge < -0.3 is 9.47 Å². The van der Waals surface area contributed by atoms with E-state index in [4.69, 9.17) is 9.47 Å². The molecule has 1 unspecified atom stereocenters. The molecule has 0 bridgehead atoms. The van der Waals surface area contributed by atoms with Gasteiger partial charge in [0.1, 0.15) is 5.75 Å². The van der Waals surface area contributed by atoms with Crippen molar-refractivity contribution in [1.82, 2.24) is 5.32 Å². The quantitative estimate of drug-likeness (QED) is 0.908. The van der Waals surface area contributed by atoms with Crippen molar-refractivity contribution in [2.75, 3.05) is 6.61 Å². The second-order valence-corrected chi connectivity index (χ2v) is 6.54. The fourth-order valence-electron chi connectivity index (χ4n) is 3.09. The summed E-state index contributed by atoms with van der Waals surface area (Å²) in [6.07, 6.45) is 4.04. The molecule has 1 heterocycles. The first-order chi connectivity index (χ1) is 10.5. The predicted molar refractivity (Wildman–Crippen MR) is 80.6 cm³/mol. The van der Waals surface area contributed by atoms with Crippen molar-refractivity contribution in [2.45, 2.75) is 45.1 Å². The van der Waals surface area contributed by atoms with E-state index in [0.29, 0.717) is 11.8 Å². The SMILES string of the molecule is CC1(COc2ccc(CC3OC(=O)NC3=O)cc2)CCCC1. The number of ether oxygens (including phenoxy) is 2. The number of hydrogen-bond acceptors (Lipinski definition) is 4. The summed E-state index contributed by atoms with van der Waals surface area (Å²) in [5.41, 5.74) is 1.24. The number of rotatable bonds is 5. The van der Waals surface area contributed by atoms with Crippen LogP contribution >= 0.6 is 0 Å². The molecule has 1 saturated heterocycles. The molecule has 1 N–H and O–H groups in total. The molecule has 118 valence electrons. The Kier molecular flexibility index (Phi) is 4.05. The fourth-order valence-corrected chi connectivity index (χ4v) is 3.09. The monoisotopic (exact) mass is 303 g/mol. The number of hydrogen-bond donors (Lipinski definition) is 1. The third-order valence-electron chi connectivity index (χ3n) is 4.51. The van der Waals surface area contributed by atoms with Crippen LogP contribution in [0.2, 0.25) is 0 Å². The molecule has 5 nitrogen and oxygen atoms in total. The van der Waals surface area contributed by atoms with Crippen molar-refractivity contribution in [2.24, 2.45) is 5.41 Å². The van der Waals surface area contributed by atoms with Crippen molar-refractivity contribution in [3.63, 3.8) is 0 Å². The van der Waals surface area contributed by atoms with Gasteiger partial charge in [0.25, 0.3) is 5.91 Å². The first kappa shape index (κ1) is 14.9. The van der Waals surface area contributed by atoms with Crippen LogP contribution < -0.4 is 10.1 Å².